The molecule has 2 nitrogen and oxygen atoms in total. The van der Waals surface area contributed by atoms with Gasteiger partial charge in [0.1, 0.15) is 0 Å². The van der Waals surface area contributed by atoms with Gasteiger partial charge in [-0.15, -0.1) is 0 Å². The molecule has 0 aliphatic rings. The Kier molecular flexibility index (Phi) is 3.20. The van der Waals surface area contributed by atoms with Gasteiger partial charge >= 0.3 is 6.43 Å². The van der Waals surface area contributed by atoms with E-state index in [2.05, 4.69) is 25.8 Å². The highest BCUT2D eigenvalue weighted by atomic mass is 19.3. The minimum atomic E-state index is -2.67. The van der Waals surface area contributed by atoms with E-state index in [1.807, 2.05) is 24.3 Å². The fraction of sp³-hybridized carbons (Fsp3) is 0.357. The molecule has 0 radical (unpaired) electrons. The highest BCUT2D eigenvalue weighted by Crippen LogP contribution is 2.28. The average molecular weight is 251 g/mol. The second-order valence-corrected chi connectivity index (χ2v) is 5.19. The normalized spacial score (nSPS) is 12.1. The van der Waals surface area contributed by atoms with Gasteiger partial charge in [-0.25, -0.2) is 4.98 Å². The Bertz CT molecular complexity index is 523. The predicted octanol–water partition coefficient (Wildman–Crippen LogP) is 4.58. The molecule has 0 bridgehead atoms. The maximum atomic E-state index is 12.4. The van der Waals surface area contributed by atoms with Gasteiger partial charge in [0.15, 0.2) is 5.76 Å². The number of alkyl halides is 2. The van der Waals surface area contributed by atoms with Crippen molar-refractivity contribution in [2.24, 2.45) is 0 Å². The first-order valence-corrected chi connectivity index (χ1v) is 5.73. The number of halogens is 2. The lowest BCUT2D eigenvalue weighted by molar-refractivity contribution is 0.116. The summed E-state index contributed by atoms with van der Waals surface area (Å²) < 4.78 is 29.7. The van der Waals surface area contributed by atoms with Crippen molar-refractivity contribution in [3.63, 3.8) is 0 Å². The molecule has 0 spiro atoms. The van der Waals surface area contributed by atoms with Crippen LogP contribution >= 0.6 is 0 Å². The van der Waals surface area contributed by atoms with E-state index < -0.39 is 12.3 Å². The highest BCUT2D eigenvalue weighted by molar-refractivity contribution is 5.57. The van der Waals surface area contributed by atoms with Crippen LogP contribution in [0.3, 0.4) is 0 Å². The summed E-state index contributed by atoms with van der Waals surface area (Å²) in [4.78, 5) is 3.55. The molecule has 2 rings (SSSR count). The third-order valence-corrected chi connectivity index (χ3v) is 2.75. The Morgan fingerprint density at radius 1 is 1.11 bits per heavy atom. The molecule has 0 unspecified atom stereocenters. The van der Waals surface area contributed by atoms with Crippen LogP contribution in [0.5, 0.6) is 0 Å². The van der Waals surface area contributed by atoms with E-state index in [1.165, 1.54) is 11.8 Å². The van der Waals surface area contributed by atoms with E-state index in [1.54, 1.807) is 0 Å². The summed E-state index contributed by atoms with van der Waals surface area (Å²) in [6.45, 7) is 6.35. The molecule has 1 aromatic heterocycles. The number of oxazole rings is 1. The summed E-state index contributed by atoms with van der Waals surface area (Å²) >= 11 is 0. The van der Waals surface area contributed by atoms with Crippen LogP contribution in [0.4, 0.5) is 8.78 Å². The van der Waals surface area contributed by atoms with Gasteiger partial charge < -0.3 is 4.42 Å². The van der Waals surface area contributed by atoms with Crippen LogP contribution in [-0.4, -0.2) is 4.98 Å². The lowest BCUT2D eigenvalue weighted by Gasteiger charge is -2.18. The van der Waals surface area contributed by atoms with Crippen LogP contribution in [0.2, 0.25) is 0 Å². The van der Waals surface area contributed by atoms with Gasteiger partial charge in [-0.2, -0.15) is 8.78 Å². The van der Waals surface area contributed by atoms with E-state index in [-0.39, 0.29) is 5.41 Å². The first kappa shape index (κ1) is 12.7. The fourth-order valence-electron chi connectivity index (χ4n) is 1.66. The molecule has 0 saturated heterocycles. The molecule has 2 aromatic rings. The van der Waals surface area contributed by atoms with E-state index in [4.69, 9.17) is 4.42 Å². The first-order chi connectivity index (χ1) is 8.38. The van der Waals surface area contributed by atoms with E-state index >= 15 is 0 Å². The van der Waals surface area contributed by atoms with Gasteiger partial charge in [-0.1, -0.05) is 45.0 Å². The fourth-order valence-corrected chi connectivity index (χ4v) is 1.66. The van der Waals surface area contributed by atoms with Gasteiger partial charge in [0, 0.05) is 5.56 Å². The zero-order valence-electron chi connectivity index (χ0n) is 10.6. The van der Waals surface area contributed by atoms with Crippen molar-refractivity contribution >= 4 is 0 Å². The average Bonchev–Trinajstić information content (AvgIpc) is 2.77. The Labute approximate surface area is 105 Å². The quantitative estimate of drug-likeness (QED) is 0.781. The minimum Gasteiger partial charge on any atom is -0.435 e. The van der Waals surface area contributed by atoms with E-state index in [0.717, 1.165) is 5.56 Å². The molecule has 18 heavy (non-hydrogen) atoms. The second kappa shape index (κ2) is 4.52. The van der Waals surface area contributed by atoms with Crippen LogP contribution in [-0.2, 0) is 5.41 Å². The molecule has 0 N–H and O–H groups in total. The summed E-state index contributed by atoms with van der Waals surface area (Å²) in [5, 5.41) is 0. The van der Waals surface area contributed by atoms with E-state index in [0.29, 0.717) is 5.76 Å². The summed E-state index contributed by atoms with van der Waals surface area (Å²) in [5.41, 5.74) is 2.00. The van der Waals surface area contributed by atoms with Crippen molar-refractivity contribution in [3.8, 4) is 11.3 Å². The maximum Gasteiger partial charge on any atom is 0.313 e. The first-order valence-electron chi connectivity index (χ1n) is 5.73. The predicted molar refractivity (Wildman–Crippen MR) is 65.6 cm³/mol. The maximum absolute atomic E-state index is 12.4. The molecule has 0 amide bonds. The van der Waals surface area contributed by atoms with Gasteiger partial charge in [0.05, 0.1) is 6.20 Å². The second-order valence-electron chi connectivity index (χ2n) is 5.19. The molecule has 4 heteroatoms. The molecule has 96 valence electrons. The number of nitrogens with zero attached hydrogens (tertiary/aromatic N) is 1. The summed E-state index contributed by atoms with van der Waals surface area (Å²) in [5.74, 6) is -0.171. The lowest BCUT2D eigenvalue weighted by atomic mass is 9.86. The molecule has 1 aromatic carbocycles. The summed E-state index contributed by atoms with van der Waals surface area (Å²) in [6, 6.07) is 7.66. The number of benzene rings is 1. The van der Waals surface area contributed by atoms with Crippen LogP contribution in [0.25, 0.3) is 11.3 Å². The van der Waals surface area contributed by atoms with Crippen molar-refractivity contribution < 1.29 is 13.2 Å². The van der Waals surface area contributed by atoms with Crippen LogP contribution in [0.15, 0.2) is 34.9 Å². The zero-order chi connectivity index (χ0) is 13.3. The standard InChI is InChI=1S/C14H15F2NO/c1-14(2,3)10-6-4-9(5-7-10)11-8-17-13(18-11)12(15)16/h4-8,12H,1-3H3. The Hall–Kier alpha value is -1.71. The van der Waals surface area contributed by atoms with Crippen molar-refractivity contribution in [2.75, 3.05) is 0 Å². The molecular formula is C14H15F2NO. The van der Waals surface area contributed by atoms with Gasteiger partial charge in [-0.05, 0) is 11.0 Å². The van der Waals surface area contributed by atoms with Crippen LogP contribution in [0.1, 0.15) is 38.7 Å². The SMILES string of the molecule is CC(C)(C)c1ccc(-c2cnc(C(F)F)o2)cc1. The number of hydrogen-bond acceptors (Lipinski definition) is 2. The van der Waals surface area contributed by atoms with Crippen molar-refractivity contribution in [2.45, 2.75) is 32.6 Å². The van der Waals surface area contributed by atoms with Crippen molar-refractivity contribution in [1.29, 1.82) is 0 Å². The smallest absolute Gasteiger partial charge is 0.313 e. The van der Waals surface area contributed by atoms with Crippen LogP contribution < -0.4 is 0 Å². The highest BCUT2D eigenvalue weighted by Gasteiger charge is 2.16. The topological polar surface area (TPSA) is 26.0 Å². The van der Waals surface area contributed by atoms with Crippen molar-refractivity contribution in [1.82, 2.24) is 4.98 Å². The van der Waals surface area contributed by atoms with E-state index in [9.17, 15) is 8.78 Å². The summed E-state index contributed by atoms with van der Waals surface area (Å²) in [6.07, 6.45) is -1.35. The zero-order valence-corrected chi connectivity index (χ0v) is 10.6. The third kappa shape index (κ3) is 2.58. The Morgan fingerprint density at radius 3 is 2.17 bits per heavy atom. The van der Waals surface area contributed by atoms with Crippen LogP contribution in [0, 0.1) is 0 Å². The molecule has 0 aliphatic carbocycles. The molecule has 0 aliphatic heterocycles. The number of aromatic nitrogens is 1. The third-order valence-electron chi connectivity index (χ3n) is 2.75. The van der Waals surface area contributed by atoms with Gasteiger partial charge in [0.2, 0.25) is 0 Å². The largest absolute Gasteiger partial charge is 0.435 e. The molecule has 0 atom stereocenters. The molecule has 0 saturated carbocycles. The molecular weight excluding hydrogens is 236 g/mol. The van der Waals surface area contributed by atoms with Crippen molar-refractivity contribution in [3.05, 3.63) is 41.9 Å². The lowest BCUT2D eigenvalue weighted by Crippen LogP contribution is -2.10. The number of hydrogen-bond donors (Lipinski definition) is 0. The summed E-state index contributed by atoms with van der Waals surface area (Å²) in [7, 11) is 0. The Morgan fingerprint density at radius 2 is 1.72 bits per heavy atom. The Balaban J connectivity index is 2.29. The monoisotopic (exact) mass is 251 g/mol. The molecule has 0 fully saturated rings. The number of rotatable bonds is 2. The minimum absolute atomic E-state index is 0.0636. The van der Waals surface area contributed by atoms with Gasteiger partial charge in [0.25, 0.3) is 5.89 Å². The van der Waals surface area contributed by atoms with Gasteiger partial charge in [-0.3, -0.25) is 0 Å². The molecule has 1 heterocycles.